The molecular weight excluding hydrogens is 369 g/mol. The number of hydrogen-bond donors (Lipinski definition) is 2. The number of carbonyl (C=O) groups excluding carboxylic acids is 1. The first-order valence-electron chi connectivity index (χ1n) is 8.88. The van der Waals surface area contributed by atoms with E-state index in [0.29, 0.717) is 5.69 Å². The van der Waals surface area contributed by atoms with Gasteiger partial charge in [0.05, 0.1) is 10.7 Å². The highest BCUT2D eigenvalue weighted by Gasteiger charge is 2.24. The molecule has 2 heterocycles. The monoisotopic (exact) mass is 387 g/mol. The molecule has 0 saturated carbocycles. The lowest BCUT2D eigenvalue weighted by Gasteiger charge is -2.33. The summed E-state index contributed by atoms with van der Waals surface area (Å²) in [4.78, 5) is 23.2. The molecule has 1 aliphatic heterocycles. The van der Waals surface area contributed by atoms with Gasteiger partial charge in [0.1, 0.15) is 18.0 Å². The van der Waals surface area contributed by atoms with Gasteiger partial charge in [0, 0.05) is 36.8 Å². The van der Waals surface area contributed by atoms with E-state index in [9.17, 15) is 9.18 Å². The molecule has 2 N–H and O–H groups in total. The average molecular weight is 388 g/mol. The van der Waals surface area contributed by atoms with E-state index in [1.54, 1.807) is 6.33 Å². The van der Waals surface area contributed by atoms with Crippen LogP contribution in [0.3, 0.4) is 0 Å². The molecule has 0 unspecified atom stereocenters. The highest BCUT2D eigenvalue weighted by atomic mass is 35.5. The van der Waals surface area contributed by atoms with Gasteiger partial charge in [-0.25, -0.2) is 19.2 Å². The highest BCUT2D eigenvalue weighted by molar-refractivity contribution is 6.31. The Morgan fingerprint density at radius 1 is 1.26 bits per heavy atom. The summed E-state index contributed by atoms with van der Waals surface area (Å²) in [5.74, 6) is 0.457. The van der Waals surface area contributed by atoms with Crippen molar-refractivity contribution in [2.75, 3.05) is 23.3 Å². The van der Waals surface area contributed by atoms with Crippen molar-refractivity contribution in [3.8, 4) is 0 Å². The first kappa shape index (κ1) is 17.7. The summed E-state index contributed by atoms with van der Waals surface area (Å²) >= 11 is 5.74. The fraction of sp³-hybridized carbons (Fsp3) is 0.316. The number of nitrogens with zero attached hydrogens (tertiary/aromatic N) is 3. The van der Waals surface area contributed by atoms with Crippen LogP contribution in [0.5, 0.6) is 0 Å². The normalized spacial score (nSPS) is 16.3. The number of aromatic nitrogens is 2. The van der Waals surface area contributed by atoms with Crippen LogP contribution in [0.25, 0.3) is 6.08 Å². The molecular formula is C19H19ClFN5O. The lowest BCUT2D eigenvalue weighted by molar-refractivity contribution is 0.246. The van der Waals surface area contributed by atoms with Gasteiger partial charge in [-0.15, -0.1) is 0 Å². The van der Waals surface area contributed by atoms with Crippen LogP contribution in [-0.4, -0.2) is 35.1 Å². The van der Waals surface area contributed by atoms with Crippen LogP contribution in [0.4, 0.5) is 20.7 Å². The van der Waals surface area contributed by atoms with Gasteiger partial charge >= 0.3 is 6.03 Å². The third-order valence-electron chi connectivity index (χ3n) is 4.85. The number of anilines is 2. The van der Waals surface area contributed by atoms with Gasteiger partial charge in [-0.3, -0.25) is 0 Å². The minimum Gasteiger partial charge on any atom is -0.356 e. The number of urea groups is 1. The molecule has 1 aromatic heterocycles. The summed E-state index contributed by atoms with van der Waals surface area (Å²) in [7, 11) is 0. The molecule has 2 aliphatic rings. The van der Waals surface area contributed by atoms with Crippen LogP contribution in [0.2, 0.25) is 5.02 Å². The van der Waals surface area contributed by atoms with Gasteiger partial charge in [-0.2, -0.15) is 0 Å². The van der Waals surface area contributed by atoms with Crippen LogP contribution in [-0.2, 0) is 6.42 Å². The van der Waals surface area contributed by atoms with Crippen LogP contribution in [0.1, 0.15) is 24.1 Å². The zero-order valence-electron chi connectivity index (χ0n) is 14.6. The average Bonchev–Trinajstić information content (AvgIpc) is 3.14. The van der Waals surface area contributed by atoms with E-state index in [4.69, 9.17) is 11.6 Å². The molecule has 1 saturated heterocycles. The van der Waals surface area contributed by atoms with Crippen molar-refractivity contribution in [1.29, 1.82) is 0 Å². The Labute approximate surface area is 161 Å². The Hall–Kier alpha value is -2.67. The molecule has 8 heteroatoms. The van der Waals surface area contributed by atoms with Gasteiger partial charge in [-0.05, 0) is 31.0 Å². The summed E-state index contributed by atoms with van der Waals surface area (Å²) in [5, 5.41) is 5.63. The smallest absolute Gasteiger partial charge is 0.319 e. The second-order valence-corrected chi connectivity index (χ2v) is 7.06. The van der Waals surface area contributed by atoms with Gasteiger partial charge in [0.2, 0.25) is 0 Å². The van der Waals surface area contributed by atoms with E-state index in [1.165, 1.54) is 18.2 Å². The van der Waals surface area contributed by atoms with Crippen LogP contribution < -0.4 is 15.5 Å². The van der Waals surface area contributed by atoms with E-state index < -0.39 is 5.82 Å². The number of fused-ring (bicyclic) bond motifs is 1. The molecule has 2 amide bonds. The molecule has 0 bridgehead atoms. The van der Waals surface area contributed by atoms with Crippen LogP contribution in [0.15, 0.2) is 30.6 Å². The van der Waals surface area contributed by atoms with Crippen molar-refractivity contribution in [1.82, 2.24) is 15.3 Å². The lowest BCUT2D eigenvalue weighted by Crippen LogP contribution is -2.46. The Morgan fingerprint density at radius 3 is 2.85 bits per heavy atom. The molecule has 1 aromatic carbocycles. The third kappa shape index (κ3) is 3.88. The maximum Gasteiger partial charge on any atom is 0.319 e. The standard InChI is InChI=1S/C19H19ClFN5O/c20-15-10-13(4-5-16(15)21)25-19(27)24-12-6-8-26(9-7-12)18-14-2-1-3-17(14)22-11-23-18/h1-2,4-5,10-12H,3,6-9H2,(H2,24,25,27). The predicted molar refractivity (Wildman–Crippen MR) is 104 cm³/mol. The van der Waals surface area contributed by atoms with E-state index in [1.807, 2.05) is 0 Å². The number of carbonyl (C=O) groups is 1. The van der Waals surface area contributed by atoms with Crippen molar-refractivity contribution >= 4 is 35.2 Å². The molecule has 140 valence electrons. The number of amides is 2. The minimum atomic E-state index is -0.513. The van der Waals surface area contributed by atoms with Crippen molar-refractivity contribution < 1.29 is 9.18 Å². The van der Waals surface area contributed by atoms with Gasteiger partial charge in [0.15, 0.2) is 0 Å². The van der Waals surface area contributed by atoms with E-state index in [0.717, 1.165) is 49.4 Å². The van der Waals surface area contributed by atoms with Gasteiger partial charge < -0.3 is 15.5 Å². The zero-order valence-corrected chi connectivity index (χ0v) is 15.3. The van der Waals surface area contributed by atoms with Gasteiger partial charge in [-0.1, -0.05) is 23.8 Å². The van der Waals surface area contributed by atoms with Crippen LogP contribution >= 0.6 is 11.6 Å². The fourth-order valence-corrected chi connectivity index (χ4v) is 3.64. The summed E-state index contributed by atoms with van der Waals surface area (Å²) in [6.45, 7) is 1.62. The predicted octanol–water partition coefficient (Wildman–Crippen LogP) is 3.63. The summed E-state index contributed by atoms with van der Waals surface area (Å²) < 4.78 is 13.2. The van der Waals surface area contributed by atoms with Gasteiger partial charge in [0.25, 0.3) is 0 Å². The second kappa shape index (κ2) is 7.52. The summed E-state index contributed by atoms with van der Waals surface area (Å²) in [6, 6.07) is 3.85. The summed E-state index contributed by atoms with van der Waals surface area (Å²) in [5.41, 5.74) is 2.63. The van der Waals surface area contributed by atoms with Crippen molar-refractivity contribution in [3.63, 3.8) is 0 Å². The Balaban J connectivity index is 1.32. The number of rotatable bonds is 3. The maximum absolute atomic E-state index is 13.2. The van der Waals surface area contributed by atoms with Crippen molar-refractivity contribution in [3.05, 3.63) is 52.7 Å². The van der Waals surface area contributed by atoms with Crippen molar-refractivity contribution in [2.24, 2.45) is 0 Å². The van der Waals surface area contributed by atoms with E-state index in [-0.39, 0.29) is 17.1 Å². The molecule has 0 atom stereocenters. The molecule has 2 aromatic rings. The van der Waals surface area contributed by atoms with Crippen LogP contribution in [0, 0.1) is 5.82 Å². The van der Waals surface area contributed by atoms with E-state index in [2.05, 4.69) is 37.7 Å². The molecule has 0 radical (unpaired) electrons. The topological polar surface area (TPSA) is 70.2 Å². The Morgan fingerprint density at radius 2 is 2.07 bits per heavy atom. The Bertz CT molecular complexity index is 896. The maximum atomic E-state index is 13.2. The van der Waals surface area contributed by atoms with Crippen molar-refractivity contribution in [2.45, 2.75) is 25.3 Å². The van der Waals surface area contributed by atoms with E-state index >= 15 is 0 Å². The third-order valence-corrected chi connectivity index (χ3v) is 5.14. The number of allylic oxidation sites excluding steroid dienone is 1. The lowest BCUT2D eigenvalue weighted by atomic mass is 10.0. The number of benzene rings is 1. The number of halogens is 2. The largest absolute Gasteiger partial charge is 0.356 e. The molecule has 27 heavy (non-hydrogen) atoms. The quantitative estimate of drug-likeness (QED) is 0.843. The fourth-order valence-electron chi connectivity index (χ4n) is 3.46. The molecule has 6 nitrogen and oxygen atoms in total. The number of hydrogen-bond acceptors (Lipinski definition) is 4. The summed E-state index contributed by atoms with van der Waals surface area (Å²) in [6.07, 6.45) is 8.29. The first-order valence-corrected chi connectivity index (χ1v) is 9.26. The molecule has 0 spiro atoms. The minimum absolute atomic E-state index is 0.0208. The molecule has 4 rings (SSSR count). The SMILES string of the molecule is O=C(Nc1ccc(F)c(Cl)c1)NC1CCN(c2ncnc3c2C=CC3)CC1. The second-order valence-electron chi connectivity index (χ2n) is 6.65. The number of piperidine rings is 1. The molecule has 1 aliphatic carbocycles. The Kier molecular flexibility index (Phi) is 4.94. The number of nitrogens with one attached hydrogen (secondary N) is 2. The highest BCUT2D eigenvalue weighted by Crippen LogP contribution is 2.28. The zero-order chi connectivity index (χ0) is 18.8. The first-order chi connectivity index (χ1) is 13.1. The molecule has 1 fully saturated rings.